The molecule has 0 amide bonds. The molecule has 1 heterocycles. The van der Waals surface area contributed by atoms with E-state index in [-0.39, 0.29) is 30.1 Å². The van der Waals surface area contributed by atoms with Gasteiger partial charge in [0.05, 0.1) is 18.1 Å². The lowest BCUT2D eigenvalue weighted by Gasteiger charge is -2.20. The maximum atomic E-state index is 6.20. The maximum Gasteiger partial charge on any atom is 0.191 e. The van der Waals surface area contributed by atoms with Gasteiger partial charge in [0.2, 0.25) is 0 Å². The van der Waals surface area contributed by atoms with Crippen LogP contribution in [-0.2, 0) is 13.1 Å². The monoisotopic (exact) mass is 553 g/mol. The van der Waals surface area contributed by atoms with Gasteiger partial charge >= 0.3 is 0 Å². The fourth-order valence-electron chi connectivity index (χ4n) is 3.01. The molecule has 8 heteroatoms. The van der Waals surface area contributed by atoms with E-state index in [2.05, 4.69) is 44.2 Å². The average Bonchev–Trinajstić information content (AvgIpc) is 3.21. The van der Waals surface area contributed by atoms with Crippen molar-refractivity contribution in [2.45, 2.75) is 32.5 Å². The smallest absolute Gasteiger partial charge is 0.191 e. The Morgan fingerprint density at radius 1 is 1.13 bits per heavy atom. The third-order valence-electron chi connectivity index (χ3n) is 4.72. The molecule has 0 fully saturated rings. The number of para-hydroxylation sites is 1. The summed E-state index contributed by atoms with van der Waals surface area (Å²) in [5.41, 5.74) is 1.24. The molecule has 0 saturated heterocycles. The molecule has 3 aromatic rings. The van der Waals surface area contributed by atoms with E-state index in [9.17, 15) is 0 Å². The number of hydrogen-bond acceptors (Lipinski definition) is 3. The van der Waals surface area contributed by atoms with Gasteiger partial charge in [0.1, 0.15) is 17.7 Å². The van der Waals surface area contributed by atoms with E-state index in [0.717, 1.165) is 18.8 Å². The van der Waals surface area contributed by atoms with E-state index >= 15 is 0 Å². The van der Waals surface area contributed by atoms with E-state index < -0.39 is 0 Å². The first-order valence-electron chi connectivity index (χ1n) is 10.1. The Bertz CT molecular complexity index is 948. The standard InChI is InChI=1S/C23H28ClN5O.HI/c1-3-19(30-21-12-8-7-11-20(21)24)15-27-23(25-2)28-16-22-26-13-14-29(22)17-18-9-5-4-6-10-18;/h4-14,19H,3,15-17H2,1-2H3,(H2,25,27,28);1H. The molecule has 2 N–H and O–H groups in total. The molecule has 0 aliphatic heterocycles. The second-order valence-electron chi connectivity index (χ2n) is 6.84. The lowest BCUT2D eigenvalue weighted by atomic mass is 10.2. The van der Waals surface area contributed by atoms with E-state index in [1.807, 2.05) is 54.9 Å². The van der Waals surface area contributed by atoms with E-state index in [0.29, 0.717) is 29.8 Å². The van der Waals surface area contributed by atoms with Crippen molar-refractivity contribution in [3.63, 3.8) is 0 Å². The van der Waals surface area contributed by atoms with Gasteiger partial charge in [0.25, 0.3) is 0 Å². The molecule has 31 heavy (non-hydrogen) atoms. The fraction of sp³-hybridized carbons (Fsp3) is 0.304. The van der Waals surface area contributed by atoms with Crippen molar-refractivity contribution >= 4 is 41.5 Å². The van der Waals surface area contributed by atoms with E-state index in [1.165, 1.54) is 5.56 Å². The minimum atomic E-state index is -0.0245. The van der Waals surface area contributed by atoms with Gasteiger partial charge in [0.15, 0.2) is 5.96 Å². The summed E-state index contributed by atoms with van der Waals surface area (Å²) >= 11 is 6.20. The van der Waals surface area contributed by atoms with Gasteiger partial charge in [-0.2, -0.15) is 0 Å². The number of aliphatic imine (C=N–C) groups is 1. The molecule has 0 aliphatic carbocycles. The minimum absolute atomic E-state index is 0. The summed E-state index contributed by atoms with van der Waals surface area (Å²) in [6.45, 7) is 4.05. The van der Waals surface area contributed by atoms with Crippen molar-refractivity contribution in [1.82, 2.24) is 20.2 Å². The third kappa shape index (κ3) is 7.74. The number of imidazole rings is 1. The van der Waals surface area contributed by atoms with Crippen LogP contribution in [0.4, 0.5) is 0 Å². The average molecular weight is 554 g/mol. The summed E-state index contributed by atoms with van der Waals surface area (Å²) in [7, 11) is 1.75. The topological polar surface area (TPSA) is 63.5 Å². The molecule has 0 spiro atoms. The number of benzene rings is 2. The van der Waals surface area contributed by atoms with Crippen molar-refractivity contribution in [3.05, 3.63) is 83.4 Å². The molecular formula is C23H29ClIN5O. The zero-order valence-corrected chi connectivity index (χ0v) is 20.9. The molecule has 2 aromatic carbocycles. The predicted octanol–water partition coefficient (Wildman–Crippen LogP) is 4.73. The molecule has 0 aliphatic rings. The number of nitrogens with one attached hydrogen (secondary N) is 2. The summed E-state index contributed by atoms with van der Waals surface area (Å²) in [5, 5.41) is 7.27. The van der Waals surface area contributed by atoms with Crippen LogP contribution in [0.15, 0.2) is 72.0 Å². The lowest BCUT2D eigenvalue weighted by Crippen LogP contribution is -2.42. The quantitative estimate of drug-likeness (QED) is 0.229. The Labute approximate surface area is 206 Å². The second-order valence-corrected chi connectivity index (χ2v) is 7.25. The number of nitrogens with zero attached hydrogens (tertiary/aromatic N) is 3. The molecule has 0 radical (unpaired) electrons. The van der Waals surface area contributed by atoms with Crippen molar-refractivity contribution in [2.24, 2.45) is 4.99 Å². The van der Waals surface area contributed by atoms with Crippen LogP contribution in [0.2, 0.25) is 5.02 Å². The Kier molecular flexibility index (Phi) is 10.7. The van der Waals surface area contributed by atoms with Crippen LogP contribution in [0.1, 0.15) is 24.7 Å². The first-order valence-corrected chi connectivity index (χ1v) is 10.5. The Balaban J connectivity index is 0.00000341. The van der Waals surface area contributed by atoms with Crippen LogP contribution < -0.4 is 15.4 Å². The van der Waals surface area contributed by atoms with Crippen LogP contribution in [0.5, 0.6) is 5.75 Å². The van der Waals surface area contributed by atoms with E-state index in [1.54, 1.807) is 7.05 Å². The zero-order chi connectivity index (χ0) is 21.2. The first kappa shape index (κ1) is 25.0. The summed E-state index contributed by atoms with van der Waals surface area (Å²) in [4.78, 5) is 8.78. The third-order valence-corrected chi connectivity index (χ3v) is 5.03. The highest BCUT2D eigenvalue weighted by molar-refractivity contribution is 14.0. The van der Waals surface area contributed by atoms with Crippen LogP contribution in [0.3, 0.4) is 0 Å². The summed E-state index contributed by atoms with van der Waals surface area (Å²) in [6, 6.07) is 17.9. The minimum Gasteiger partial charge on any atom is -0.487 e. The van der Waals surface area contributed by atoms with Crippen LogP contribution in [-0.4, -0.2) is 35.2 Å². The Morgan fingerprint density at radius 2 is 1.87 bits per heavy atom. The molecule has 0 bridgehead atoms. The van der Waals surface area contributed by atoms with Gasteiger partial charge in [-0.3, -0.25) is 4.99 Å². The molecular weight excluding hydrogens is 525 g/mol. The van der Waals surface area contributed by atoms with Crippen LogP contribution >= 0.6 is 35.6 Å². The second kappa shape index (κ2) is 13.2. The number of halogens is 2. The molecule has 1 atom stereocenters. The number of aromatic nitrogens is 2. The molecule has 3 rings (SSSR count). The lowest BCUT2D eigenvalue weighted by molar-refractivity contribution is 0.199. The van der Waals surface area contributed by atoms with Crippen LogP contribution in [0, 0.1) is 0 Å². The van der Waals surface area contributed by atoms with Gasteiger partial charge in [-0.15, -0.1) is 24.0 Å². The summed E-state index contributed by atoms with van der Waals surface area (Å²) < 4.78 is 8.16. The number of guanidine groups is 1. The van der Waals surface area contributed by atoms with Crippen molar-refractivity contribution in [1.29, 1.82) is 0 Å². The highest BCUT2D eigenvalue weighted by Gasteiger charge is 2.12. The number of rotatable bonds is 9. The number of hydrogen-bond donors (Lipinski definition) is 2. The van der Waals surface area contributed by atoms with Gasteiger partial charge in [0, 0.05) is 26.0 Å². The summed E-state index contributed by atoms with van der Waals surface area (Å²) in [6.07, 6.45) is 4.63. The van der Waals surface area contributed by atoms with E-state index in [4.69, 9.17) is 16.3 Å². The zero-order valence-electron chi connectivity index (χ0n) is 17.8. The van der Waals surface area contributed by atoms with Gasteiger partial charge in [-0.1, -0.05) is 61.0 Å². The highest BCUT2D eigenvalue weighted by Crippen LogP contribution is 2.24. The molecule has 6 nitrogen and oxygen atoms in total. The van der Waals surface area contributed by atoms with Crippen molar-refractivity contribution in [3.8, 4) is 5.75 Å². The maximum absolute atomic E-state index is 6.20. The Morgan fingerprint density at radius 3 is 2.58 bits per heavy atom. The summed E-state index contributed by atoms with van der Waals surface area (Å²) in [5.74, 6) is 2.34. The predicted molar refractivity (Wildman–Crippen MR) is 138 cm³/mol. The SMILES string of the molecule is CCC(CNC(=NC)NCc1nccn1Cc1ccccc1)Oc1ccccc1Cl.I. The van der Waals surface area contributed by atoms with Crippen LogP contribution in [0.25, 0.3) is 0 Å². The Hall–Kier alpha value is -2.26. The molecule has 1 unspecified atom stereocenters. The van der Waals surface area contributed by atoms with Crippen molar-refractivity contribution in [2.75, 3.05) is 13.6 Å². The highest BCUT2D eigenvalue weighted by atomic mass is 127. The fourth-order valence-corrected chi connectivity index (χ4v) is 3.19. The van der Waals surface area contributed by atoms with Crippen molar-refractivity contribution < 1.29 is 4.74 Å². The normalized spacial score (nSPS) is 12.0. The first-order chi connectivity index (χ1) is 14.7. The van der Waals surface area contributed by atoms with Gasteiger partial charge in [-0.25, -0.2) is 4.98 Å². The molecule has 1 aromatic heterocycles. The number of ether oxygens (including phenoxy) is 1. The van der Waals surface area contributed by atoms with Gasteiger partial charge < -0.3 is 19.9 Å². The molecule has 0 saturated carbocycles. The largest absolute Gasteiger partial charge is 0.487 e. The molecule has 166 valence electrons. The van der Waals surface area contributed by atoms with Gasteiger partial charge in [-0.05, 0) is 24.1 Å².